The molecule has 0 fully saturated rings. The van der Waals surface area contributed by atoms with Crippen LogP contribution in [0.15, 0.2) is 36.4 Å². The number of hydrogen-bond donors (Lipinski definition) is 1. The van der Waals surface area contributed by atoms with Crippen LogP contribution in [0.25, 0.3) is 10.9 Å². The molecule has 1 aromatic heterocycles. The molecule has 0 aliphatic carbocycles. The number of pyridine rings is 1. The van der Waals surface area contributed by atoms with Crippen molar-refractivity contribution < 1.29 is 9.90 Å². The number of carbonyl (C=O) groups is 1. The summed E-state index contributed by atoms with van der Waals surface area (Å²) in [6.07, 6.45) is 0.397. The molecule has 0 spiro atoms. The maximum Gasteiger partial charge on any atom is 0.227 e. The number of anilines is 1. The highest BCUT2D eigenvalue weighted by Crippen LogP contribution is 2.18. The van der Waals surface area contributed by atoms with Crippen molar-refractivity contribution in [1.29, 1.82) is 0 Å². The van der Waals surface area contributed by atoms with Crippen molar-refractivity contribution in [3.63, 3.8) is 0 Å². The molecule has 0 atom stereocenters. The Hall–Kier alpha value is -1.94. The minimum absolute atomic E-state index is 0.0353. The van der Waals surface area contributed by atoms with Gasteiger partial charge >= 0.3 is 0 Å². The fourth-order valence-corrected chi connectivity index (χ4v) is 1.86. The molecule has 1 aromatic carbocycles. The Balaban J connectivity index is 2.41. The van der Waals surface area contributed by atoms with E-state index in [1.807, 2.05) is 36.4 Å². The molecule has 18 heavy (non-hydrogen) atoms. The number of fused-ring (bicyclic) bond motifs is 1. The highest BCUT2D eigenvalue weighted by Gasteiger charge is 2.14. The average molecular weight is 244 g/mol. The summed E-state index contributed by atoms with van der Waals surface area (Å²) in [5, 5.41) is 10.1. The van der Waals surface area contributed by atoms with Crippen LogP contribution in [0.5, 0.6) is 0 Å². The van der Waals surface area contributed by atoms with E-state index in [0.29, 0.717) is 12.2 Å². The summed E-state index contributed by atoms with van der Waals surface area (Å²) >= 11 is 0. The molecular weight excluding hydrogens is 228 g/mol. The number of carbonyl (C=O) groups excluding carboxylic acids is 1. The lowest BCUT2D eigenvalue weighted by Gasteiger charge is -2.20. The van der Waals surface area contributed by atoms with Gasteiger partial charge in [0.1, 0.15) is 5.82 Å². The molecule has 2 rings (SSSR count). The largest absolute Gasteiger partial charge is 0.395 e. The highest BCUT2D eigenvalue weighted by atomic mass is 16.3. The van der Waals surface area contributed by atoms with Crippen molar-refractivity contribution >= 4 is 22.6 Å². The van der Waals surface area contributed by atoms with Crippen LogP contribution in [0, 0.1) is 0 Å². The molecule has 0 saturated carbocycles. The first kappa shape index (κ1) is 12.5. The van der Waals surface area contributed by atoms with Crippen LogP contribution in [0.4, 0.5) is 5.82 Å². The predicted octanol–water partition coefficient (Wildman–Crippen LogP) is 1.97. The van der Waals surface area contributed by atoms with Crippen molar-refractivity contribution in [3.05, 3.63) is 36.4 Å². The van der Waals surface area contributed by atoms with Crippen LogP contribution in [0.3, 0.4) is 0 Å². The Morgan fingerprint density at radius 3 is 2.78 bits per heavy atom. The molecule has 0 aliphatic rings. The molecule has 0 unspecified atom stereocenters. The van der Waals surface area contributed by atoms with Crippen molar-refractivity contribution in [1.82, 2.24) is 4.98 Å². The van der Waals surface area contributed by atoms with Crippen molar-refractivity contribution in [2.75, 3.05) is 18.1 Å². The molecule has 4 nitrogen and oxygen atoms in total. The van der Waals surface area contributed by atoms with Crippen LogP contribution in [-0.4, -0.2) is 29.1 Å². The zero-order chi connectivity index (χ0) is 13.0. The van der Waals surface area contributed by atoms with E-state index in [-0.39, 0.29) is 19.1 Å². The Morgan fingerprint density at radius 2 is 2.06 bits per heavy atom. The first-order chi connectivity index (χ1) is 8.76. The lowest BCUT2D eigenvalue weighted by Crippen LogP contribution is -2.33. The topological polar surface area (TPSA) is 53.4 Å². The van der Waals surface area contributed by atoms with E-state index < -0.39 is 0 Å². The third kappa shape index (κ3) is 2.49. The maximum absolute atomic E-state index is 11.8. The third-order valence-electron chi connectivity index (χ3n) is 2.79. The Bertz CT molecular complexity index is 554. The van der Waals surface area contributed by atoms with Crippen LogP contribution in [-0.2, 0) is 4.79 Å². The molecule has 0 saturated heterocycles. The second kappa shape index (κ2) is 5.60. The highest BCUT2D eigenvalue weighted by molar-refractivity contribution is 5.93. The van der Waals surface area contributed by atoms with Gasteiger partial charge in [-0.15, -0.1) is 0 Å². The van der Waals surface area contributed by atoms with E-state index in [1.54, 1.807) is 6.92 Å². The van der Waals surface area contributed by atoms with Gasteiger partial charge in [0.25, 0.3) is 0 Å². The van der Waals surface area contributed by atoms with Gasteiger partial charge in [-0.1, -0.05) is 25.1 Å². The number of para-hydroxylation sites is 1. The lowest BCUT2D eigenvalue weighted by atomic mass is 10.2. The smallest absolute Gasteiger partial charge is 0.227 e. The van der Waals surface area contributed by atoms with Crippen LogP contribution < -0.4 is 4.90 Å². The summed E-state index contributed by atoms with van der Waals surface area (Å²) in [4.78, 5) is 17.8. The SMILES string of the molecule is CCC(=O)N(CCO)c1ccc2ccccc2n1. The number of aliphatic hydroxyl groups excluding tert-OH is 1. The van der Waals surface area contributed by atoms with Gasteiger partial charge in [0.05, 0.1) is 18.7 Å². The number of hydrogen-bond acceptors (Lipinski definition) is 3. The second-order valence-corrected chi connectivity index (χ2v) is 3.98. The molecule has 0 aliphatic heterocycles. The van der Waals surface area contributed by atoms with Crippen molar-refractivity contribution in [2.24, 2.45) is 0 Å². The van der Waals surface area contributed by atoms with Gasteiger partial charge in [0.15, 0.2) is 0 Å². The average Bonchev–Trinajstić information content (AvgIpc) is 2.43. The van der Waals surface area contributed by atoms with Crippen molar-refractivity contribution in [2.45, 2.75) is 13.3 Å². The number of aliphatic hydroxyl groups is 1. The van der Waals surface area contributed by atoms with E-state index >= 15 is 0 Å². The van der Waals surface area contributed by atoms with Crippen molar-refractivity contribution in [3.8, 4) is 0 Å². The third-order valence-corrected chi connectivity index (χ3v) is 2.79. The minimum Gasteiger partial charge on any atom is -0.395 e. The molecule has 1 N–H and O–H groups in total. The normalized spacial score (nSPS) is 10.6. The number of rotatable bonds is 4. The number of aromatic nitrogens is 1. The number of amides is 1. The summed E-state index contributed by atoms with van der Waals surface area (Å²) in [5.74, 6) is 0.557. The fourth-order valence-electron chi connectivity index (χ4n) is 1.86. The van der Waals surface area contributed by atoms with Gasteiger partial charge in [0.2, 0.25) is 5.91 Å². The standard InChI is InChI=1S/C14H16N2O2/c1-2-14(18)16(9-10-17)13-8-7-11-5-3-4-6-12(11)15-13/h3-8,17H,2,9-10H2,1H3. The van der Waals surface area contributed by atoms with Gasteiger partial charge < -0.3 is 5.11 Å². The summed E-state index contributed by atoms with van der Waals surface area (Å²) in [6, 6.07) is 11.5. The van der Waals surface area contributed by atoms with E-state index in [1.165, 1.54) is 4.90 Å². The molecule has 94 valence electrons. The summed E-state index contributed by atoms with van der Waals surface area (Å²) in [7, 11) is 0. The molecule has 4 heteroatoms. The predicted molar refractivity (Wildman–Crippen MR) is 71.5 cm³/mol. The first-order valence-electron chi connectivity index (χ1n) is 6.03. The molecule has 1 heterocycles. The molecular formula is C14H16N2O2. The van der Waals surface area contributed by atoms with E-state index in [2.05, 4.69) is 4.98 Å². The van der Waals surface area contributed by atoms with Gasteiger partial charge in [-0.25, -0.2) is 4.98 Å². The van der Waals surface area contributed by atoms with Gasteiger partial charge in [-0.2, -0.15) is 0 Å². The maximum atomic E-state index is 11.8. The molecule has 0 bridgehead atoms. The quantitative estimate of drug-likeness (QED) is 0.894. The fraction of sp³-hybridized carbons (Fsp3) is 0.286. The van der Waals surface area contributed by atoms with Gasteiger partial charge in [0, 0.05) is 11.8 Å². The Labute approximate surface area is 106 Å². The first-order valence-corrected chi connectivity index (χ1v) is 6.03. The van der Waals surface area contributed by atoms with Gasteiger partial charge in [-0.3, -0.25) is 9.69 Å². The summed E-state index contributed by atoms with van der Waals surface area (Å²) in [6.45, 7) is 2.01. The number of benzene rings is 1. The monoisotopic (exact) mass is 244 g/mol. The lowest BCUT2D eigenvalue weighted by molar-refractivity contribution is -0.118. The number of nitrogens with zero attached hydrogens (tertiary/aromatic N) is 2. The molecule has 1 amide bonds. The second-order valence-electron chi connectivity index (χ2n) is 3.98. The zero-order valence-corrected chi connectivity index (χ0v) is 10.3. The Kier molecular flexibility index (Phi) is 3.89. The molecule has 2 aromatic rings. The van der Waals surface area contributed by atoms with Crippen LogP contribution in [0.2, 0.25) is 0 Å². The Morgan fingerprint density at radius 1 is 1.28 bits per heavy atom. The van der Waals surface area contributed by atoms with Crippen LogP contribution in [0.1, 0.15) is 13.3 Å². The summed E-state index contributed by atoms with van der Waals surface area (Å²) in [5.41, 5.74) is 0.849. The van der Waals surface area contributed by atoms with E-state index in [9.17, 15) is 4.79 Å². The van der Waals surface area contributed by atoms with E-state index in [0.717, 1.165) is 10.9 Å². The van der Waals surface area contributed by atoms with Gasteiger partial charge in [-0.05, 0) is 18.2 Å². The molecule has 0 radical (unpaired) electrons. The van der Waals surface area contributed by atoms with E-state index in [4.69, 9.17) is 5.11 Å². The van der Waals surface area contributed by atoms with Crippen LogP contribution >= 0.6 is 0 Å². The zero-order valence-electron chi connectivity index (χ0n) is 10.3. The minimum atomic E-state index is -0.0692. The summed E-state index contributed by atoms with van der Waals surface area (Å²) < 4.78 is 0.